The molecule has 0 radical (unpaired) electrons. The van der Waals surface area contributed by atoms with Gasteiger partial charge in [0.2, 0.25) is 0 Å². The van der Waals surface area contributed by atoms with E-state index in [1.54, 1.807) is 53.9 Å². The van der Waals surface area contributed by atoms with Gasteiger partial charge in [-0.2, -0.15) is 4.68 Å². The number of carbonyl (C=O) groups is 1. The van der Waals surface area contributed by atoms with Gasteiger partial charge in [0.1, 0.15) is 4.70 Å². The summed E-state index contributed by atoms with van der Waals surface area (Å²) < 4.78 is 1.60. The van der Waals surface area contributed by atoms with Crippen molar-refractivity contribution < 1.29 is 9.72 Å². The molecule has 0 aliphatic heterocycles. The normalized spacial score (nSPS) is 10.8. The minimum atomic E-state index is -0.459. The molecule has 0 atom stereocenters. The van der Waals surface area contributed by atoms with Crippen LogP contribution in [-0.2, 0) is 5.75 Å². The smallest absolute Gasteiger partial charge is 0.267 e. The Morgan fingerprint density at radius 2 is 1.87 bits per heavy atom. The summed E-state index contributed by atoms with van der Waals surface area (Å²) in [6.45, 7) is 0. The highest BCUT2D eigenvalue weighted by molar-refractivity contribution is 7.98. The highest BCUT2D eigenvalue weighted by Gasteiger charge is 2.16. The Bertz CT molecular complexity index is 1280. The van der Waals surface area contributed by atoms with E-state index in [9.17, 15) is 19.7 Å². The lowest BCUT2D eigenvalue weighted by Crippen LogP contribution is -2.34. The second-order valence-corrected chi connectivity index (χ2v) is 8.05. The first kappa shape index (κ1) is 19.8. The summed E-state index contributed by atoms with van der Waals surface area (Å²) >= 11 is 2.51. The second kappa shape index (κ2) is 8.47. The molecule has 2 heterocycles. The van der Waals surface area contributed by atoms with Crippen molar-refractivity contribution in [1.29, 1.82) is 0 Å². The molecule has 1 amide bonds. The molecule has 1 N–H and O–H groups in total. The van der Waals surface area contributed by atoms with Crippen LogP contribution in [0.15, 0.2) is 76.0 Å². The summed E-state index contributed by atoms with van der Waals surface area (Å²) in [6, 6.07) is 16.5. The molecule has 8 nitrogen and oxygen atoms in total. The number of nitrogens with one attached hydrogen (secondary N) is 1. The van der Waals surface area contributed by atoms with Crippen molar-refractivity contribution in [2.24, 2.45) is 0 Å². The molecule has 0 unspecified atom stereocenters. The number of aromatic nitrogens is 2. The van der Waals surface area contributed by atoms with Gasteiger partial charge in [-0.3, -0.25) is 25.1 Å². The first-order valence-corrected chi connectivity index (χ1v) is 10.6. The molecule has 0 fully saturated rings. The van der Waals surface area contributed by atoms with Crippen LogP contribution in [0.5, 0.6) is 0 Å². The Morgan fingerprint density at radius 1 is 1.13 bits per heavy atom. The van der Waals surface area contributed by atoms with E-state index < -0.39 is 10.8 Å². The molecule has 0 spiro atoms. The molecular formula is C20H14N4O4S2. The van der Waals surface area contributed by atoms with Gasteiger partial charge >= 0.3 is 0 Å². The van der Waals surface area contributed by atoms with Crippen molar-refractivity contribution >= 4 is 44.9 Å². The first-order valence-electron chi connectivity index (χ1n) is 8.76. The van der Waals surface area contributed by atoms with Crippen LogP contribution < -0.4 is 11.0 Å². The Kier molecular flexibility index (Phi) is 5.59. The van der Waals surface area contributed by atoms with Gasteiger partial charge in [0.15, 0.2) is 5.16 Å². The van der Waals surface area contributed by atoms with E-state index in [-0.39, 0.29) is 11.2 Å². The average Bonchev–Trinajstić information content (AvgIpc) is 3.24. The van der Waals surface area contributed by atoms with Gasteiger partial charge in [-0.25, -0.2) is 4.98 Å². The number of rotatable bonds is 6. The van der Waals surface area contributed by atoms with Crippen LogP contribution in [0, 0.1) is 10.1 Å². The first-order chi connectivity index (χ1) is 14.5. The van der Waals surface area contributed by atoms with E-state index in [0.717, 1.165) is 10.2 Å². The summed E-state index contributed by atoms with van der Waals surface area (Å²) in [5, 5.41) is 12.9. The Labute approximate surface area is 178 Å². The Hall–Kier alpha value is -3.50. The number of nitro groups is 1. The standard InChI is InChI=1S/C20H14N4O4S2/c25-18(14-4-2-1-3-5-14)22-23-19(26)17-16(10-11-29-17)21-20(23)30-12-13-6-8-15(9-7-13)24(27)28/h1-11H,12H2,(H,22,25). The van der Waals surface area contributed by atoms with Crippen molar-refractivity contribution in [2.45, 2.75) is 10.9 Å². The number of benzene rings is 2. The molecular weight excluding hydrogens is 424 g/mol. The number of amides is 1. The van der Waals surface area contributed by atoms with Crippen molar-refractivity contribution in [3.63, 3.8) is 0 Å². The molecule has 4 aromatic rings. The van der Waals surface area contributed by atoms with Gasteiger partial charge < -0.3 is 0 Å². The fourth-order valence-corrected chi connectivity index (χ4v) is 4.37. The van der Waals surface area contributed by atoms with E-state index in [0.29, 0.717) is 26.7 Å². The van der Waals surface area contributed by atoms with Crippen molar-refractivity contribution in [3.8, 4) is 0 Å². The van der Waals surface area contributed by atoms with Crippen LogP contribution in [0.2, 0.25) is 0 Å². The lowest BCUT2D eigenvalue weighted by Gasteiger charge is -2.13. The number of nitro benzene ring substituents is 1. The third-order valence-electron chi connectivity index (χ3n) is 4.21. The maximum Gasteiger partial charge on any atom is 0.291 e. The number of non-ortho nitro benzene ring substituents is 1. The monoisotopic (exact) mass is 438 g/mol. The third kappa shape index (κ3) is 4.09. The quantitative estimate of drug-likeness (QED) is 0.211. The highest BCUT2D eigenvalue weighted by Crippen LogP contribution is 2.24. The average molecular weight is 438 g/mol. The summed E-state index contributed by atoms with van der Waals surface area (Å²) in [5.41, 5.74) is 4.09. The van der Waals surface area contributed by atoms with Crippen molar-refractivity contribution in [1.82, 2.24) is 9.66 Å². The van der Waals surface area contributed by atoms with Crippen LogP contribution >= 0.6 is 23.1 Å². The molecule has 10 heteroatoms. The zero-order chi connectivity index (χ0) is 21.1. The van der Waals surface area contributed by atoms with Crippen LogP contribution in [0.3, 0.4) is 0 Å². The summed E-state index contributed by atoms with van der Waals surface area (Å²) in [4.78, 5) is 40.4. The number of fused-ring (bicyclic) bond motifs is 1. The van der Waals surface area contributed by atoms with Gasteiger partial charge in [-0.05, 0) is 29.1 Å². The second-order valence-electron chi connectivity index (χ2n) is 6.19. The summed E-state index contributed by atoms with van der Waals surface area (Å²) in [6.07, 6.45) is 0. The van der Waals surface area contributed by atoms with E-state index in [1.165, 1.54) is 35.2 Å². The van der Waals surface area contributed by atoms with E-state index >= 15 is 0 Å². The van der Waals surface area contributed by atoms with Gasteiger partial charge in [0.25, 0.3) is 17.2 Å². The van der Waals surface area contributed by atoms with Gasteiger partial charge in [-0.1, -0.05) is 42.1 Å². The topological polar surface area (TPSA) is 107 Å². The van der Waals surface area contributed by atoms with E-state index in [1.807, 2.05) is 0 Å². The molecule has 0 aliphatic carbocycles. The molecule has 4 rings (SSSR count). The SMILES string of the molecule is O=C(Nn1c(SCc2ccc([N+](=O)[O-])cc2)nc2ccsc2c1=O)c1ccccc1. The van der Waals surface area contributed by atoms with E-state index in [4.69, 9.17) is 0 Å². The van der Waals surface area contributed by atoms with Crippen LogP contribution in [0.25, 0.3) is 10.2 Å². The Morgan fingerprint density at radius 3 is 2.57 bits per heavy atom. The molecule has 0 saturated heterocycles. The molecule has 2 aromatic carbocycles. The Balaban J connectivity index is 1.64. The number of thioether (sulfide) groups is 1. The number of thiophene rings is 1. The summed E-state index contributed by atoms with van der Waals surface area (Å²) in [5.74, 6) is -0.00558. The van der Waals surface area contributed by atoms with Crippen LogP contribution in [-0.4, -0.2) is 20.5 Å². The molecule has 2 aromatic heterocycles. The number of nitrogens with zero attached hydrogens (tertiary/aromatic N) is 3. The fourth-order valence-electron chi connectivity index (χ4n) is 2.70. The van der Waals surface area contributed by atoms with Gasteiger partial charge in [0, 0.05) is 23.4 Å². The lowest BCUT2D eigenvalue weighted by molar-refractivity contribution is -0.384. The predicted octanol–water partition coefficient (Wildman–Crippen LogP) is 4.04. The predicted molar refractivity (Wildman–Crippen MR) is 117 cm³/mol. The van der Waals surface area contributed by atoms with E-state index in [2.05, 4.69) is 10.4 Å². The molecule has 0 bridgehead atoms. The van der Waals surface area contributed by atoms with Crippen molar-refractivity contribution in [3.05, 3.63) is 97.6 Å². The van der Waals surface area contributed by atoms with Gasteiger partial charge in [-0.15, -0.1) is 11.3 Å². The molecule has 0 saturated carbocycles. The molecule has 30 heavy (non-hydrogen) atoms. The van der Waals surface area contributed by atoms with Gasteiger partial charge in [0.05, 0.1) is 10.4 Å². The zero-order valence-electron chi connectivity index (χ0n) is 15.3. The summed E-state index contributed by atoms with van der Waals surface area (Å²) in [7, 11) is 0. The van der Waals surface area contributed by atoms with Crippen molar-refractivity contribution in [2.75, 3.05) is 5.43 Å². The zero-order valence-corrected chi connectivity index (χ0v) is 17.0. The fraction of sp³-hybridized carbons (Fsp3) is 0.0500. The largest absolute Gasteiger partial charge is 0.291 e. The van der Waals surface area contributed by atoms with Crippen LogP contribution in [0.1, 0.15) is 15.9 Å². The number of carbonyl (C=O) groups excluding carboxylic acids is 1. The minimum Gasteiger partial charge on any atom is -0.267 e. The third-order valence-corrected chi connectivity index (χ3v) is 6.11. The minimum absolute atomic E-state index is 0.00796. The lowest BCUT2D eigenvalue weighted by atomic mass is 10.2. The van der Waals surface area contributed by atoms with Crippen LogP contribution in [0.4, 0.5) is 5.69 Å². The maximum atomic E-state index is 12.9. The maximum absolute atomic E-state index is 12.9. The molecule has 0 aliphatic rings. The number of hydrogen-bond acceptors (Lipinski definition) is 7. The molecule has 150 valence electrons. The highest BCUT2D eigenvalue weighted by atomic mass is 32.2. The number of hydrogen-bond donors (Lipinski definition) is 1.